The summed E-state index contributed by atoms with van der Waals surface area (Å²) in [7, 11) is 0. The number of hydrogen-bond donors (Lipinski definition) is 0. The fourth-order valence-electron chi connectivity index (χ4n) is 10.1. The van der Waals surface area contributed by atoms with Crippen molar-refractivity contribution in [3.8, 4) is 11.1 Å². The molecule has 0 fully saturated rings. The molecule has 0 N–H and O–H groups in total. The third-order valence-electron chi connectivity index (χ3n) is 13.6. The number of anilines is 6. The highest BCUT2D eigenvalue weighted by Gasteiger charge is 2.24. The van der Waals surface area contributed by atoms with Crippen LogP contribution in [0.2, 0.25) is 0 Å². The summed E-state index contributed by atoms with van der Waals surface area (Å²) in [5.74, 6) is 0. The zero-order valence-electron chi connectivity index (χ0n) is 38.0. The molecular formula is C62H48N2O2. The van der Waals surface area contributed by atoms with Crippen molar-refractivity contribution in [2.75, 3.05) is 9.80 Å². The fraction of sp³-hybridized carbons (Fsp3) is 0.0968. The Hall–Kier alpha value is -8.08. The Morgan fingerprint density at radius 3 is 1.39 bits per heavy atom. The van der Waals surface area contributed by atoms with Gasteiger partial charge in [-0.05, 0) is 181 Å². The van der Waals surface area contributed by atoms with Gasteiger partial charge in [-0.15, -0.1) is 0 Å². The highest BCUT2D eigenvalue weighted by Crippen LogP contribution is 2.48. The molecule has 66 heavy (non-hydrogen) atoms. The highest BCUT2D eigenvalue weighted by atomic mass is 16.3. The summed E-state index contributed by atoms with van der Waals surface area (Å²) in [5, 5.41) is 8.74. The predicted octanol–water partition coefficient (Wildman–Crippen LogP) is 18.2. The SMILES string of the molecule is Cc1ccc(C)c(N(c2ccc3cc4c(cc3c2)oc2c(-c3ccccc3)c3c(cc24)oc2cc4cc(N(c5ccccc5C)c5cc(C)ccc5C)ccc4cc23)c2ccccc2C)c1. The van der Waals surface area contributed by atoms with Gasteiger partial charge in [-0.2, -0.15) is 0 Å². The molecular weight excluding hydrogens is 805 g/mol. The number of furan rings is 2. The molecule has 318 valence electrons. The normalized spacial score (nSPS) is 11.8. The minimum atomic E-state index is 0.837. The first-order chi connectivity index (χ1) is 32.2. The third-order valence-corrected chi connectivity index (χ3v) is 13.6. The Morgan fingerprint density at radius 1 is 0.333 bits per heavy atom. The standard InChI is InChI=1S/C62H48N2O2/c1-37-20-22-41(5)55(28-37)63(53-18-12-10-14-39(53)3)48-26-24-44-32-50-51-36-59-61(60(43-16-8-7-9-17-43)62(51)66-57(50)34-46(44)30-48)52-33-45-25-27-49(31-47(45)35-58(52)65-59)64(54-19-13-11-15-40(54)4)56-29-38(2)21-23-42(56)6/h7-36H,1-6H3. The van der Waals surface area contributed by atoms with E-state index in [9.17, 15) is 0 Å². The molecule has 12 rings (SSSR count). The van der Waals surface area contributed by atoms with Gasteiger partial charge in [0, 0.05) is 61.2 Å². The Kier molecular flexibility index (Phi) is 9.15. The second-order valence-corrected chi connectivity index (χ2v) is 18.2. The average Bonchev–Trinajstić information content (AvgIpc) is 3.86. The topological polar surface area (TPSA) is 32.8 Å². The van der Waals surface area contributed by atoms with Crippen molar-refractivity contribution in [1.29, 1.82) is 0 Å². The summed E-state index contributed by atoms with van der Waals surface area (Å²) >= 11 is 0. The molecule has 10 aromatic carbocycles. The summed E-state index contributed by atoms with van der Waals surface area (Å²) in [5.41, 5.74) is 19.7. The number of nitrogens with zero attached hydrogens (tertiary/aromatic N) is 2. The first kappa shape index (κ1) is 39.5. The van der Waals surface area contributed by atoms with Gasteiger partial charge in [0.2, 0.25) is 0 Å². The van der Waals surface area contributed by atoms with Crippen molar-refractivity contribution >= 4 is 99.5 Å². The third kappa shape index (κ3) is 6.43. The molecule has 0 unspecified atom stereocenters. The first-order valence-corrected chi connectivity index (χ1v) is 22.8. The van der Waals surface area contributed by atoms with Crippen molar-refractivity contribution < 1.29 is 8.83 Å². The van der Waals surface area contributed by atoms with E-state index in [0.29, 0.717) is 0 Å². The van der Waals surface area contributed by atoms with Crippen LogP contribution in [0.15, 0.2) is 191 Å². The molecule has 0 aliphatic heterocycles. The van der Waals surface area contributed by atoms with Crippen LogP contribution in [0.1, 0.15) is 33.4 Å². The lowest BCUT2D eigenvalue weighted by atomic mass is 9.95. The van der Waals surface area contributed by atoms with E-state index in [2.05, 4.69) is 233 Å². The lowest BCUT2D eigenvalue weighted by molar-refractivity contribution is 0.665. The Bertz CT molecular complexity index is 3790. The smallest absolute Gasteiger partial charge is 0.144 e. The van der Waals surface area contributed by atoms with Crippen molar-refractivity contribution in [3.63, 3.8) is 0 Å². The van der Waals surface area contributed by atoms with E-state index in [1.165, 1.54) is 44.8 Å². The van der Waals surface area contributed by atoms with E-state index in [4.69, 9.17) is 8.83 Å². The van der Waals surface area contributed by atoms with Gasteiger partial charge in [-0.3, -0.25) is 0 Å². The largest absolute Gasteiger partial charge is 0.456 e. The fourth-order valence-corrected chi connectivity index (χ4v) is 10.1. The number of benzene rings is 10. The zero-order valence-corrected chi connectivity index (χ0v) is 38.0. The maximum atomic E-state index is 7.08. The summed E-state index contributed by atoms with van der Waals surface area (Å²) in [6, 6.07) is 66.0. The second-order valence-electron chi connectivity index (χ2n) is 18.2. The molecule has 4 nitrogen and oxygen atoms in total. The molecule has 0 atom stereocenters. The molecule has 0 aliphatic rings. The minimum Gasteiger partial charge on any atom is -0.456 e. The molecule has 0 bridgehead atoms. The first-order valence-electron chi connectivity index (χ1n) is 22.8. The number of fused-ring (bicyclic) bond motifs is 8. The van der Waals surface area contributed by atoms with Crippen LogP contribution in [0.3, 0.4) is 0 Å². The monoisotopic (exact) mass is 852 g/mol. The lowest BCUT2D eigenvalue weighted by Crippen LogP contribution is -2.12. The maximum Gasteiger partial charge on any atom is 0.144 e. The quantitative estimate of drug-likeness (QED) is 0.160. The highest BCUT2D eigenvalue weighted by molar-refractivity contribution is 6.25. The average molecular weight is 853 g/mol. The Balaban J connectivity index is 1.04. The molecule has 0 radical (unpaired) electrons. The molecule has 4 heteroatoms. The van der Waals surface area contributed by atoms with Gasteiger partial charge >= 0.3 is 0 Å². The molecule has 0 aliphatic carbocycles. The van der Waals surface area contributed by atoms with E-state index < -0.39 is 0 Å². The van der Waals surface area contributed by atoms with Crippen molar-refractivity contribution in [2.24, 2.45) is 0 Å². The van der Waals surface area contributed by atoms with Gasteiger partial charge in [-0.1, -0.05) is 103 Å². The summed E-state index contributed by atoms with van der Waals surface area (Å²) in [6.07, 6.45) is 0. The number of rotatable bonds is 7. The summed E-state index contributed by atoms with van der Waals surface area (Å²) < 4.78 is 14.0. The van der Waals surface area contributed by atoms with E-state index in [1.54, 1.807) is 0 Å². The summed E-state index contributed by atoms with van der Waals surface area (Å²) in [6.45, 7) is 13.1. The molecule has 0 saturated carbocycles. The zero-order chi connectivity index (χ0) is 44.8. The van der Waals surface area contributed by atoms with Crippen LogP contribution in [0.5, 0.6) is 0 Å². The molecule has 0 saturated heterocycles. The van der Waals surface area contributed by atoms with Crippen LogP contribution in [-0.4, -0.2) is 0 Å². The predicted molar refractivity (Wildman–Crippen MR) is 279 cm³/mol. The van der Waals surface area contributed by atoms with Gasteiger partial charge in [0.05, 0.1) is 0 Å². The van der Waals surface area contributed by atoms with Crippen LogP contribution in [0.25, 0.3) is 76.5 Å². The van der Waals surface area contributed by atoms with Crippen molar-refractivity contribution in [3.05, 3.63) is 215 Å². The molecule has 12 aromatic rings. The molecule has 0 spiro atoms. The van der Waals surface area contributed by atoms with E-state index in [-0.39, 0.29) is 0 Å². The lowest BCUT2D eigenvalue weighted by Gasteiger charge is -2.29. The number of para-hydroxylation sites is 2. The van der Waals surface area contributed by atoms with Crippen molar-refractivity contribution in [1.82, 2.24) is 0 Å². The molecule has 2 aromatic heterocycles. The van der Waals surface area contributed by atoms with Crippen LogP contribution in [-0.2, 0) is 0 Å². The van der Waals surface area contributed by atoms with Crippen molar-refractivity contribution in [2.45, 2.75) is 41.5 Å². The second kappa shape index (κ2) is 15.3. The van der Waals surface area contributed by atoms with E-state index in [1.807, 2.05) is 0 Å². The molecule has 2 heterocycles. The van der Waals surface area contributed by atoms with Gasteiger partial charge < -0.3 is 18.6 Å². The van der Waals surface area contributed by atoms with Crippen LogP contribution in [0, 0.1) is 41.5 Å². The van der Waals surface area contributed by atoms with Crippen LogP contribution in [0.4, 0.5) is 34.1 Å². The number of aryl methyl sites for hydroxylation is 6. The van der Waals surface area contributed by atoms with Gasteiger partial charge in [0.1, 0.15) is 22.3 Å². The number of hydrogen-bond acceptors (Lipinski definition) is 4. The van der Waals surface area contributed by atoms with E-state index in [0.717, 1.165) is 99.3 Å². The van der Waals surface area contributed by atoms with E-state index >= 15 is 0 Å². The Morgan fingerprint density at radius 2 is 0.833 bits per heavy atom. The van der Waals surface area contributed by atoms with Gasteiger partial charge in [-0.25, -0.2) is 0 Å². The van der Waals surface area contributed by atoms with Crippen LogP contribution >= 0.6 is 0 Å². The minimum absolute atomic E-state index is 0.837. The van der Waals surface area contributed by atoms with Gasteiger partial charge in [0.25, 0.3) is 0 Å². The van der Waals surface area contributed by atoms with Crippen LogP contribution < -0.4 is 9.80 Å². The summed E-state index contributed by atoms with van der Waals surface area (Å²) in [4.78, 5) is 4.78. The molecule has 0 amide bonds. The van der Waals surface area contributed by atoms with Gasteiger partial charge in [0.15, 0.2) is 0 Å². The Labute approximate surface area is 384 Å². The maximum absolute atomic E-state index is 7.08.